The van der Waals surface area contributed by atoms with Gasteiger partial charge in [0.1, 0.15) is 5.75 Å². The smallest absolute Gasteiger partial charge is 0.119 e. The van der Waals surface area contributed by atoms with Gasteiger partial charge in [0, 0.05) is 11.1 Å². The molecule has 33 heavy (non-hydrogen) atoms. The van der Waals surface area contributed by atoms with E-state index < -0.39 is 0 Å². The molecule has 0 unspecified atom stereocenters. The first-order valence-electron chi connectivity index (χ1n) is 14.2. The van der Waals surface area contributed by atoms with Crippen molar-refractivity contribution >= 4 is 0 Å². The van der Waals surface area contributed by atoms with Crippen LogP contribution in [-0.4, -0.2) is 29.1 Å². The fourth-order valence-electron chi connectivity index (χ4n) is 8.60. The molecule has 2 nitrogen and oxygen atoms in total. The van der Waals surface area contributed by atoms with Crippen molar-refractivity contribution in [3.8, 4) is 5.75 Å². The molecule has 3 aliphatic rings. The molecule has 186 valence electrons. The van der Waals surface area contributed by atoms with Gasteiger partial charge in [-0.25, -0.2) is 0 Å². The van der Waals surface area contributed by atoms with E-state index in [1.54, 1.807) is 0 Å². The van der Waals surface area contributed by atoms with E-state index in [-0.39, 0.29) is 0 Å². The number of rotatable bonds is 6. The summed E-state index contributed by atoms with van der Waals surface area (Å²) < 4.78 is 5.63. The largest absolute Gasteiger partial charge is 0.494 e. The Morgan fingerprint density at radius 1 is 0.697 bits per heavy atom. The molecule has 0 bridgehead atoms. The number of hydrogen-bond donors (Lipinski definition) is 0. The Balaban J connectivity index is 1.26. The molecule has 1 aromatic rings. The molecule has 4 rings (SSSR count). The van der Waals surface area contributed by atoms with Crippen molar-refractivity contribution in [1.82, 2.24) is 4.90 Å². The zero-order valence-electron chi connectivity index (χ0n) is 22.5. The van der Waals surface area contributed by atoms with Crippen LogP contribution in [0.5, 0.6) is 5.75 Å². The highest BCUT2D eigenvalue weighted by Gasteiger charge is 2.46. The van der Waals surface area contributed by atoms with Gasteiger partial charge in [0.2, 0.25) is 0 Å². The fraction of sp³-hybridized carbons (Fsp3) is 0.806. The van der Waals surface area contributed by atoms with Crippen LogP contribution in [0.4, 0.5) is 0 Å². The Bertz CT molecular complexity index is 717. The van der Waals surface area contributed by atoms with E-state index in [1.807, 2.05) is 0 Å². The maximum atomic E-state index is 5.63. The van der Waals surface area contributed by atoms with Gasteiger partial charge in [-0.2, -0.15) is 0 Å². The predicted octanol–water partition coefficient (Wildman–Crippen LogP) is 8.45. The summed E-state index contributed by atoms with van der Waals surface area (Å²) in [7, 11) is 0. The highest BCUT2D eigenvalue weighted by molar-refractivity contribution is 5.29. The van der Waals surface area contributed by atoms with Crippen molar-refractivity contribution < 1.29 is 4.74 Å². The van der Waals surface area contributed by atoms with Gasteiger partial charge < -0.3 is 4.74 Å². The zero-order valence-corrected chi connectivity index (χ0v) is 22.5. The van der Waals surface area contributed by atoms with Crippen LogP contribution in [0.3, 0.4) is 0 Å². The molecular formula is C31H51NO. The van der Waals surface area contributed by atoms with Gasteiger partial charge in [-0.3, -0.25) is 4.90 Å². The molecule has 2 heteroatoms. The Labute approximate surface area is 204 Å². The monoisotopic (exact) mass is 453 g/mol. The summed E-state index contributed by atoms with van der Waals surface area (Å²) >= 11 is 0. The number of likely N-dealkylation sites (tertiary alicyclic amines) is 1. The van der Waals surface area contributed by atoms with Gasteiger partial charge in [-0.1, -0.05) is 19.1 Å². The number of piperidine rings is 1. The summed E-state index contributed by atoms with van der Waals surface area (Å²) in [5, 5.41) is 0. The molecule has 1 aliphatic heterocycles. The van der Waals surface area contributed by atoms with Crippen molar-refractivity contribution in [2.45, 2.75) is 123 Å². The average Bonchev–Trinajstić information content (AvgIpc) is 2.79. The first-order chi connectivity index (χ1) is 15.7. The molecule has 3 fully saturated rings. The van der Waals surface area contributed by atoms with Gasteiger partial charge in [0.05, 0.1) is 6.61 Å². The van der Waals surface area contributed by atoms with Crippen molar-refractivity contribution in [3.05, 3.63) is 29.8 Å². The molecule has 2 aliphatic carbocycles. The highest BCUT2D eigenvalue weighted by atomic mass is 16.5. The van der Waals surface area contributed by atoms with E-state index in [1.165, 1.54) is 76.3 Å². The lowest BCUT2D eigenvalue weighted by molar-refractivity contribution is -0.0658. The fourth-order valence-corrected chi connectivity index (χ4v) is 8.60. The van der Waals surface area contributed by atoms with Crippen LogP contribution in [0.25, 0.3) is 0 Å². The lowest BCUT2D eigenvalue weighted by atomic mass is 9.62. The summed E-state index contributed by atoms with van der Waals surface area (Å²) in [6.07, 6.45) is 14.4. The Morgan fingerprint density at radius 3 is 1.61 bits per heavy atom. The Kier molecular flexibility index (Phi) is 7.83. The standard InChI is InChI=1S/C31H51NO/c1-7-32-30(3,4)21-28(22-31(32,5)6)27-15-13-24(14-16-27)23-9-11-25(12-10-23)26-17-19-29(20-18-26)33-8-2/h17-20,23-25,27-28H,7-16,21-22H2,1-6H3. The normalized spacial score (nSPS) is 33.0. The minimum Gasteiger partial charge on any atom is -0.494 e. The summed E-state index contributed by atoms with van der Waals surface area (Å²) in [6.45, 7) is 16.3. The van der Waals surface area contributed by atoms with E-state index >= 15 is 0 Å². The minimum atomic E-state index is 0.345. The van der Waals surface area contributed by atoms with Gasteiger partial charge in [0.25, 0.3) is 0 Å². The molecule has 0 atom stereocenters. The van der Waals surface area contributed by atoms with Gasteiger partial charge in [-0.05, 0) is 153 Å². The number of ether oxygens (including phenoxy) is 1. The SMILES string of the molecule is CCOc1ccc(C2CCC(C3CCC(C4CC(C)(C)N(CC)C(C)(C)C4)CC3)CC2)cc1. The van der Waals surface area contributed by atoms with Crippen LogP contribution in [0.1, 0.15) is 117 Å². The number of nitrogens with zero attached hydrogens (tertiary/aromatic N) is 1. The minimum absolute atomic E-state index is 0.345. The van der Waals surface area contributed by atoms with E-state index in [0.717, 1.165) is 41.9 Å². The van der Waals surface area contributed by atoms with Crippen LogP contribution in [-0.2, 0) is 0 Å². The molecule has 2 saturated carbocycles. The molecule has 0 spiro atoms. The third-order valence-electron chi connectivity index (χ3n) is 9.89. The Hall–Kier alpha value is -1.02. The Morgan fingerprint density at radius 2 is 1.15 bits per heavy atom. The summed E-state index contributed by atoms with van der Waals surface area (Å²) in [5.74, 6) is 5.66. The molecular weight excluding hydrogens is 402 g/mol. The first kappa shape index (κ1) is 25.1. The van der Waals surface area contributed by atoms with Crippen LogP contribution in [0, 0.1) is 23.7 Å². The molecule has 0 amide bonds. The number of hydrogen-bond acceptors (Lipinski definition) is 2. The predicted molar refractivity (Wildman–Crippen MR) is 141 cm³/mol. The molecule has 1 heterocycles. The van der Waals surface area contributed by atoms with Crippen LogP contribution < -0.4 is 4.74 Å². The van der Waals surface area contributed by atoms with E-state index in [2.05, 4.69) is 70.7 Å². The zero-order chi connectivity index (χ0) is 23.6. The van der Waals surface area contributed by atoms with E-state index in [9.17, 15) is 0 Å². The highest BCUT2D eigenvalue weighted by Crippen LogP contribution is 2.50. The van der Waals surface area contributed by atoms with Crippen LogP contribution in [0.15, 0.2) is 24.3 Å². The van der Waals surface area contributed by atoms with Crippen molar-refractivity contribution in [1.29, 1.82) is 0 Å². The lowest BCUT2D eigenvalue weighted by Gasteiger charge is -2.57. The van der Waals surface area contributed by atoms with Crippen LogP contribution in [0.2, 0.25) is 0 Å². The molecule has 0 radical (unpaired) electrons. The first-order valence-corrected chi connectivity index (χ1v) is 14.2. The van der Waals surface area contributed by atoms with Crippen molar-refractivity contribution in [2.75, 3.05) is 13.2 Å². The molecule has 1 saturated heterocycles. The topological polar surface area (TPSA) is 12.5 Å². The molecule has 1 aromatic carbocycles. The maximum Gasteiger partial charge on any atom is 0.119 e. The second-order valence-corrected chi connectivity index (χ2v) is 12.8. The second kappa shape index (κ2) is 10.3. The molecule has 0 aromatic heterocycles. The van der Waals surface area contributed by atoms with E-state index in [4.69, 9.17) is 4.74 Å². The van der Waals surface area contributed by atoms with Crippen molar-refractivity contribution in [3.63, 3.8) is 0 Å². The summed E-state index contributed by atoms with van der Waals surface area (Å²) in [4.78, 5) is 2.77. The van der Waals surface area contributed by atoms with Gasteiger partial charge in [0.15, 0.2) is 0 Å². The lowest BCUT2D eigenvalue weighted by Crippen LogP contribution is -2.61. The summed E-state index contributed by atoms with van der Waals surface area (Å²) in [5.41, 5.74) is 2.22. The van der Waals surface area contributed by atoms with Crippen molar-refractivity contribution in [2.24, 2.45) is 23.7 Å². The van der Waals surface area contributed by atoms with Gasteiger partial charge in [-0.15, -0.1) is 0 Å². The molecule has 0 N–H and O–H groups in total. The van der Waals surface area contributed by atoms with Gasteiger partial charge >= 0.3 is 0 Å². The average molecular weight is 454 g/mol. The third kappa shape index (κ3) is 5.63. The maximum absolute atomic E-state index is 5.63. The van der Waals surface area contributed by atoms with Crippen LogP contribution >= 0.6 is 0 Å². The third-order valence-corrected chi connectivity index (χ3v) is 9.89. The second-order valence-electron chi connectivity index (χ2n) is 12.8. The van der Waals surface area contributed by atoms with E-state index in [0.29, 0.717) is 11.1 Å². The number of benzene rings is 1. The summed E-state index contributed by atoms with van der Waals surface area (Å²) in [6, 6.07) is 8.96. The quantitative estimate of drug-likeness (QED) is 0.428.